The number of ether oxygens (including phenoxy) is 2. The van der Waals surface area contributed by atoms with Gasteiger partial charge >= 0.3 is 5.97 Å². The number of fused-ring (bicyclic) bond motifs is 1. The van der Waals surface area contributed by atoms with Crippen LogP contribution in [0.4, 0.5) is 0 Å². The Labute approximate surface area is 246 Å². The van der Waals surface area contributed by atoms with Crippen molar-refractivity contribution in [2.45, 2.75) is 51.0 Å². The van der Waals surface area contributed by atoms with E-state index in [1.807, 2.05) is 36.4 Å². The van der Waals surface area contributed by atoms with Crippen molar-refractivity contribution in [1.29, 1.82) is 0 Å². The Kier molecular flexibility index (Phi) is 7.43. The summed E-state index contributed by atoms with van der Waals surface area (Å²) < 4.78 is 12.7. The Morgan fingerprint density at radius 3 is 2.27 bits per heavy atom. The fraction of sp³-hybridized carbons (Fsp3) is 0.303. The molecule has 0 radical (unpaired) electrons. The van der Waals surface area contributed by atoms with Gasteiger partial charge in [0.15, 0.2) is 23.1 Å². The minimum Gasteiger partial charge on any atom is -0.493 e. The van der Waals surface area contributed by atoms with Crippen LogP contribution < -0.4 is 9.47 Å². The van der Waals surface area contributed by atoms with Gasteiger partial charge in [-0.3, -0.25) is 14.4 Å². The molecule has 0 amide bonds. The molecule has 0 unspecified atom stereocenters. The SMILES string of the molecule is COc1cc(C2C3=C(CCCC3=O)N(CC(=O)O)C3=C2C(=O)CCC3)cc(Br)c1OCc1cccc2ccccc12. The average molecular weight is 617 g/mol. The molecule has 3 aliphatic rings. The number of aliphatic carboxylic acids is 1. The lowest BCUT2D eigenvalue weighted by Crippen LogP contribution is -2.41. The number of carboxylic acid groups (broad SMARTS) is 1. The van der Waals surface area contributed by atoms with E-state index in [1.165, 1.54) is 0 Å². The van der Waals surface area contributed by atoms with Gasteiger partial charge in [-0.15, -0.1) is 0 Å². The van der Waals surface area contributed by atoms with E-state index in [-0.39, 0.29) is 18.1 Å². The second kappa shape index (κ2) is 11.2. The van der Waals surface area contributed by atoms with E-state index in [4.69, 9.17) is 9.47 Å². The third-order valence-corrected chi connectivity index (χ3v) is 8.81. The van der Waals surface area contributed by atoms with E-state index in [2.05, 4.69) is 34.1 Å². The summed E-state index contributed by atoms with van der Waals surface area (Å²) in [6.45, 7) is 0.0592. The molecule has 0 spiro atoms. The number of benzene rings is 3. The number of rotatable bonds is 7. The topological polar surface area (TPSA) is 93.1 Å². The first-order valence-electron chi connectivity index (χ1n) is 13.9. The second-order valence-electron chi connectivity index (χ2n) is 10.6. The summed E-state index contributed by atoms with van der Waals surface area (Å²) in [5, 5.41) is 11.9. The number of carboxylic acids is 1. The zero-order valence-corrected chi connectivity index (χ0v) is 24.3. The summed E-state index contributed by atoms with van der Waals surface area (Å²) in [5.74, 6) is -0.636. The summed E-state index contributed by atoms with van der Waals surface area (Å²) in [5.41, 5.74) is 4.31. The summed E-state index contributed by atoms with van der Waals surface area (Å²) in [6, 6.07) is 18.0. The zero-order valence-electron chi connectivity index (χ0n) is 22.7. The largest absolute Gasteiger partial charge is 0.493 e. The molecule has 1 heterocycles. The summed E-state index contributed by atoms with van der Waals surface area (Å²) in [4.78, 5) is 40.5. The van der Waals surface area contributed by atoms with Crippen LogP contribution in [-0.2, 0) is 21.0 Å². The number of ketones is 2. The maximum atomic E-state index is 13.5. The maximum Gasteiger partial charge on any atom is 0.323 e. The highest BCUT2D eigenvalue weighted by Gasteiger charge is 2.44. The first kappa shape index (κ1) is 27.3. The van der Waals surface area contributed by atoms with E-state index < -0.39 is 11.9 Å². The minimum absolute atomic E-state index is 0.0390. The number of hydrogen-bond donors (Lipinski definition) is 1. The predicted molar refractivity (Wildman–Crippen MR) is 158 cm³/mol. The molecule has 0 atom stereocenters. The fourth-order valence-corrected chi connectivity index (χ4v) is 7.06. The normalized spacial score (nSPS) is 17.6. The van der Waals surface area contributed by atoms with Crippen molar-refractivity contribution >= 4 is 44.2 Å². The van der Waals surface area contributed by atoms with Crippen LogP contribution in [0.25, 0.3) is 10.8 Å². The van der Waals surface area contributed by atoms with Crippen molar-refractivity contribution in [1.82, 2.24) is 4.90 Å². The molecule has 210 valence electrons. The molecular weight excluding hydrogens is 586 g/mol. The Morgan fingerprint density at radius 2 is 1.61 bits per heavy atom. The molecule has 8 heteroatoms. The minimum atomic E-state index is -0.990. The number of carbonyl (C=O) groups is 3. The van der Waals surface area contributed by atoms with Gasteiger partial charge in [-0.2, -0.15) is 0 Å². The van der Waals surface area contributed by atoms with Crippen LogP contribution in [0.2, 0.25) is 0 Å². The molecule has 0 aromatic heterocycles. The third kappa shape index (κ3) is 4.95. The molecule has 1 aliphatic heterocycles. The van der Waals surface area contributed by atoms with Crippen molar-refractivity contribution in [3.8, 4) is 11.5 Å². The monoisotopic (exact) mass is 615 g/mol. The number of halogens is 1. The quantitative estimate of drug-likeness (QED) is 0.316. The molecule has 0 fully saturated rings. The summed E-state index contributed by atoms with van der Waals surface area (Å²) in [7, 11) is 1.57. The van der Waals surface area contributed by atoms with Crippen molar-refractivity contribution in [2.24, 2.45) is 0 Å². The van der Waals surface area contributed by atoms with Crippen LogP contribution in [0.15, 0.2) is 81.6 Å². The lowest BCUT2D eigenvalue weighted by molar-refractivity contribution is -0.138. The van der Waals surface area contributed by atoms with Crippen LogP contribution in [-0.4, -0.2) is 41.2 Å². The number of carbonyl (C=O) groups excluding carboxylic acids is 2. The van der Waals surface area contributed by atoms with E-state index in [0.717, 1.165) is 33.3 Å². The molecule has 0 bridgehead atoms. The van der Waals surface area contributed by atoms with Gasteiger partial charge in [-0.1, -0.05) is 42.5 Å². The highest BCUT2D eigenvalue weighted by Crippen LogP contribution is 2.51. The smallest absolute Gasteiger partial charge is 0.323 e. The van der Waals surface area contributed by atoms with E-state index >= 15 is 0 Å². The Hall–Kier alpha value is -3.91. The Balaban J connectivity index is 1.43. The van der Waals surface area contributed by atoms with Crippen LogP contribution in [0.3, 0.4) is 0 Å². The molecular formula is C33H30BrNO6. The number of nitrogens with zero attached hydrogens (tertiary/aromatic N) is 1. The van der Waals surface area contributed by atoms with Crippen molar-refractivity contribution in [2.75, 3.05) is 13.7 Å². The van der Waals surface area contributed by atoms with Gasteiger partial charge in [0.1, 0.15) is 13.2 Å². The van der Waals surface area contributed by atoms with Gasteiger partial charge in [0.2, 0.25) is 0 Å². The molecule has 1 N–H and O–H groups in total. The molecule has 41 heavy (non-hydrogen) atoms. The van der Waals surface area contributed by atoms with Gasteiger partial charge in [0, 0.05) is 41.3 Å². The van der Waals surface area contributed by atoms with Gasteiger partial charge in [0.05, 0.1) is 11.6 Å². The molecule has 7 nitrogen and oxygen atoms in total. The van der Waals surface area contributed by atoms with Crippen LogP contribution in [0, 0.1) is 0 Å². The molecule has 3 aromatic carbocycles. The molecule has 3 aromatic rings. The first-order valence-corrected chi connectivity index (χ1v) is 14.6. The summed E-state index contributed by atoms with van der Waals surface area (Å²) in [6.07, 6.45) is 3.26. The standard InChI is InChI=1S/C33H30BrNO6/c1-40-28-16-21(15-23(34)33(28)41-18-20-9-4-8-19-7-2-3-10-22(19)20)30-31-24(11-5-13-26(31)36)35(17-29(38)39)25-12-6-14-27(37)32(25)30/h2-4,7-10,15-16,30H,5-6,11-14,17-18H2,1H3,(H,38,39). The number of Topliss-reactive ketones (excluding diaryl/α,β-unsaturated/α-hetero) is 2. The summed E-state index contributed by atoms with van der Waals surface area (Å²) >= 11 is 3.68. The molecule has 0 saturated carbocycles. The van der Waals surface area contributed by atoms with Crippen LogP contribution in [0.5, 0.6) is 11.5 Å². The van der Waals surface area contributed by atoms with Crippen molar-refractivity contribution in [3.05, 3.63) is 92.7 Å². The van der Waals surface area contributed by atoms with Gasteiger partial charge in [0.25, 0.3) is 0 Å². The molecule has 2 aliphatic carbocycles. The lowest BCUT2D eigenvalue weighted by atomic mass is 9.71. The fourth-order valence-electron chi connectivity index (χ4n) is 6.49. The zero-order chi connectivity index (χ0) is 28.7. The van der Waals surface area contributed by atoms with E-state index in [1.54, 1.807) is 12.0 Å². The van der Waals surface area contributed by atoms with Crippen molar-refractivity contribution in [3.63, 3.8) is 0 Å². The van der Waals surface area contributed by atoms with Gasteiger partial charge in [-0.05, 0) is 75.6 Å². The third-order valence-electron chi connectivity index (χ3n) is 8.22. The highest BCUT2D eigenvalue weighted by molar-refractivity contribution is 9.10. The Bertz CT molecular complexity index is 1610. The molecule has 0 saturated heterocycles. The number of hydrogen-bond acceptors (Lipinski definition) is 6. The second-order valence-corrected chi connectivity index (χ2v) is 11.5. The highest BCUT2D eigenvalue weighted by atomic mass is 79.9. The maximum absolute atomic E-state index is 13.5. The molecule has 6 rings (SSSR count). The van der Waals surface area contributed by atoms with Crippen LogP contribution in [0.1, 0.15) is 55.6 Å². The van der Waals surface area contributed by atoms with Crippen molar-refractivity contribution < 1.29 is 29.0 Å². The number of methoxy groups -OCH3 is 1. The van der Waals surface area contributed by atoms with E-state index in [9.17, 15) is 19.5 Å². The van der Waals surface area contributed by atoms with E-state index in [0.29, 0.717) is 72.2 Å². The average Bonchev–Trinajstić information content (AvgIpc) is 2.96. The Morgan fingerprint density at radius 1 is 0.951 bits per heavy atom. The van der Waals surface area contributed by atoms with Crippen LogP contribution >= 0.6 is 15.9 Å². The lowest BCUT2D eigenvalue weighted by Gasteiger charge is -2.43. The predicted octanol–water partition coefficient (Wildman–Crippen LogP) is 6.69. The number of allylic oxidation sites excluding steroid dienone is 4. The van der Waals surface area contributed by atoms with Gasteiger partial charge in [-0.25, -0.2) is 0 Å². The van der Waals surface area contributed by atoms with Gasteiger partial charge < -0.3 is 19.5 Å². The first-order chi connectivity index (χ1) is 19.9.